The first-order chi connectivity index (χ1) is 17.1. The van der Waals surface area contributed by atoms with Crippen molar-refractivity contribution in [1.82, 2.24) is 5.43 Å². The number of hydrazone groups is 1. The first-order valence-corrected chi connectivity index (χ1v) is 11.6. The van der Waals surface area contributed by atoms with Crippen LogP contribution in [0.2, 0.25) is 10.0 Å². The maximum absolute atomic E-state index is 12.8. The molecule has 0 saturated carbocycles. The second kappa shape index (κ2) is 12.1. The molecule has 5 nitrogen and oxygen atoms in total. The maximum atomic E-state index is 12.8. The van der Waals surface area contributed by atoms with Gasteiger partial charge in [-0.1, -0.05) is 83.9 Å². The SMILES string of the molecule is O=C(N/N=C\c1ccccc1OCc1ccccc1Cl)c1ccccc1OCc1ccccc1Cl. The van der Waals surface area contributed by atoms with E-state index in [1.807, 2.05) is 66.7 Å². The van der Waals surface area contributed by atoms with Crippen molar-refractivity contribution in [3.8, 4) is 11.5 Å². The summed E-state index contributed by atoms with van der Waals surface area (Å²) in [5.41, 5.74) is 5.33. The zero-order valence-corrected chi connectivity index (χ0v) is 20.2. The summed E-state index contributed by atoms with van der Waals surface area (Å²) in [5, 5.41) is 5.36. The summed E-state index contributed by atoms with van der Waals surface area (Å²) < 4.78 is 11.8. The molecule has 4 aromatic carbocycles. The summed E-state index contributed by atoms with van der Waals surface area (Å²) in [6.45, 7) is 0.552. The van der Waals surface area contributed by atoms with Gasteiger partial charge in [0.2, 0.25) is 0 Å². The van der Waals surface area contributed by atoms with Crippen molar-refractivity contribution in [1.29, 1.82) is 0 Å². The molecule has 0 aliphatic rings. The fraction of sp³-hybridized carbons (Fsp3) is 0.0714. The van der Waals surface area contributed by atoms with Crippen LogP contribution in [0.3, 0.4) is 0 Å². The van der Waals surface area contributed by atoms with Gasteiger partial charge in [-0.2, -0.15) is 5.10 Å². The Labute approximate surface area is 213 Å². The fourth-order valence-corrected chi connectivity index (χ4v) is 3.64. The summed E-state index contributed by atoms with van der Waals surface area (Å²) in [6, 6.07) is 29.3. The second-order valence-corrected chi connectivity index (χ2v) is 8.31. The van der Waals surface area contributed by atoms with Crippen LogP contribution in [0, 0.1) is 0 Å². The van der Waals surface area contributed by atoms with Crippen molar-refractivity contribution in [2.24, 2.45) is 5.10 Å². The molecule has 0 radical (unpaired) electrons. The Kier molecular flexibility index (Phi) is 8.39. The minimum atomic E-state index is -0.398. The van der Waals surface area contributed by atoms with Gasteiger partial charge in [-0.25, -0.2) is 5.43 Å². The molecule has 0 aliphatic carbocycles. The molecule has 0 spiro atoms. The van der Waals surface area contributed by atoms with Crippen LogP contribution in [0.4, 0.5) is 0 Å². The highest BCUT2D eigenvalue weighted by molar-refractivity contribution is 6.31. The number of amides is 1. The lowest BCUT2D eigenvalue weighted by Crippen LogP contribution is -2.18. The molecule has 0 bridgehead atoms. The topological polar surface area (TPSA) is 59.9 Å². The molecule has 0 unspecified atom stereocenters. The van der Waals surface area contributed by atoms with E-state index in [0.29, 0.717) is 39.3 Å². The highest BCUT2D eigenvalue weighted by Crippen LogP contribution is 2.23. The minimum Gasteiger partial charge on any atom is -0.488 e. The van der Waals surface area contributed by atoms with Gasteiger partial charge < -0.3 is 9.47 Å². The predicted octanol–water partition coefficient (Wildman–Crippen LogP) is 6.92. The molecular weight excluding hydrogens is 483 g/mol. The van der Waals surface area contributed by atoms with E-state index < -0.39 is 5.91 Å². The molecule has 0 saturated heterocycles. The average Bonchev–Trinajstić information content (AvgIpc) is 2.88. The first-order valence-electron chi connectivity index (χ1n) is 10.9. The van der Waals surface area contributed by atoms with Crippen LogP contribution >= 0.6 is 23.2 Å². The highest BCUT2D eigenvalue weighted by Gasteiger charge is 2.12. The number of nitrogens with one attached hydrogen (secondary N) is 1. The van der Waals surface area contributed by atoms with Crippen molar-refractivity contribution in [3.05, 3.63) is 129 Å². The Morgan fingerprint density at radius 1 is 0.714 bits per heavy atom. The third kappa shape index (κ3) is 6.63. The number of hydrogen-bond acceptors (Lipinski definition) is 4. The van der Waals surface area contributed by atoms with Crippen LogP contribution in [-0.4, -0.2) is 12.1 Å². The van der Waals surface area contributed by atoms with E-state index in [2.05, 4.69) is 10.5 Å². The summed E-state index contributed by atoms with van der Waals surface area (Å²) in [7, 11) is 0. The van der Waals surface area contributed by atoms with Gasteiger partial charge in [0.15, 0.2) is 0 Å². The zero-order valence-electron chi connectivity index (χ0n) is 18.7. The number of carbonyl (C=O) groups excluding carboxylic acids is 1. The van der Waals surface area contributed by atoms with E-state index in [0.717, 1.165) is 11.1 Å². The smallest absolute Gasteiger partial charge is 0.275 e. The number of ether oxygens (including phenoxy) is 2. The van der Waals surface area contributed by atoms with Gasteiger partial charge in [-0.15, -0.1) is 0 Å². The van der Waals surface area contributed by atoms with Crippen molar-refractivity contribution in [2.45, 2.75) is 13.2 Å². The molecule has 4 aromatic rings. The van der Waals surface area contributed by atoms with Crippen LogP contribution in [-0.2, 0) is 13.2 Å². The number of rotatable bonds is 9. The second-order valence-electron chi connectivity index (χ2n) is 7.49. The Balaban J connectivity index is 1.40. The van der Waals surface area contributed by atoms with Gasteiger partial charge in [-0.05, 0) is 36.4 Å². The molecule has 176 valence electrons. The van der Waals surface area contributed by atoms with E-state index >= 15 is 0 Å². The largest absolute Gasteiger partial charge is 0.488 e. The number of hydrogen-bond donors (Lipinski definition) is 1. The summed E-state index contributed by atoms with van der Waals surface area (Å²) in [6.07, 6.45) is 1.53. The lowest BCUT2D eigenvalue weighted by molar-refractivity contribution is 0.0950. The van der Waals surface area contributed by atoms with E-state index in [4.69, 9.17) is 32.7 Å². The highest BCUT2D eigenvalue weighted by atomic mass is 35.5. The average molecular weight is 505 g/mol. The molecule has 7 heteroatoms. The van der Waals surface area contributed by atoms with E-state index in [9.17, 15) is 4.79 Å². The summed E-state index contributed by atoms with van der Waals surface area (Å²) in [4.78, 5) is 12.8. The van der Waals surface area contributed by atoms with E-state index in [-0.39, 0.29) is 6.61 Å². The normalized spacial score (nSPS) is 10.8. The minimum absolute atomic E-state index is 0.239. The molecule has 0 fully saturated rings. The Bertz CT molecular complexity index is 1340. The van der Waals surface area contributed by atoms with E-state index in [1.54, 1.807) is 30.3 Å². The molecule has 1 amide bonds. The molecule has 1 N–H and O–H groups in total. The Morgan fingerprint density at radius 3 is 1.89 bits per heavy atom. The van der Waals surface area contributed by atoms with Crippen molar-refractivity contribution < 1.29 is 14.3 Å². The zero-order chi connectivity index (χ0) is 24.5. The lowest BCUT2D eigenvalue weighted by Gasteiger charge is -2.11. The third-order valence-corrected chi connectivity index (χ3v) is 5.84. The number of nitrogens with zero attached hydrogens (tertiary/aromatic N) is 1. The molecule has 0 aliphatic heterocycles. The number of halogens is 2. The molecule has 0 aromatic heterocycles. The molecule has 0 atom stereocenters. The number of para-hydroxylation sites is 2. The monoisotopic (exact) mass is 504 g/mol. The van der Waals surface area contributed by atoms with Crippen molar-refractivity contribution in [2.75, 3.05) is 0 Å². The third-order valence-electron chi connectivity index (χ3n) is 5.10. The number of benzene rings is 4. The van der Waals surface area contributed by atoms with Crippen molar-refractivity contribution >= 4 is 35.3 Å². The quantitative estimate of drug-likeness (QED) is 0.199. The Morgan fingerprint density at radius 2 is 1.23 bits per heavy atom. The van der Waals surface area contributed by atoms with Gasteiger partial charge in [0.1, 0.15) is 24.7 Å². The molecular formula is C28H22Cl2N2O3. The predicted molar refractivity (Wildman–Crippen MR) is 140 cm³/mol. The van der Waals surface area contributed by atoms with Gasteiger partial charge in [-0.3, -0.25) is 4.79 Å². The number of carbonyl (C=O) groups is 1. The molecule has 4 rings (SSSR count). The summed E-state index contributed by atoms with van der Waals surface area (Å²) >= 11 is 12.4. The lowest BCUT2D eigenvalue weighted by atomic mass is 10.2. The van der Waals surface area contributed by atoms with Gasteiger partial charge >= 0.3 is 0 Å². The first kappa shape index (κ1) is 24.3. The fourth-order valence-electron chi connectivity index (χ4n) is 3.26. The maximum Gasteiger partial charge on any atom is 0.275 e. The van der Waals surface area contributed by atoms with Gasteiger partial charge in [0.25, 0.3) is 5.91 Å². The van der Waals surface area contributed by atoms with Crippen LogP contribution in [0.1, 0.15) is 27.0 Å². The van der Waals surface area contributed by atoms with Crippen molar-refractivity contribution in [3.63, 3.8) is 0 Å². The van der Waals surface area contributed by atoms with Crippen LogP contribution in [0.25, 0.3) is 0 Å². The van der Waals surface area contributed by atoms with Gasteiger partial charge in [0.05, 0.1) is 11.8 Å². The van der Waals surface area contributed by atoms with E-state index in [1.165, 1.54) is 6.21 Å². The van der Waals surface area contributed by atoms with Gasteiger partial charge in [0, 0.05) is 26.7 Å². The van der Waals surface area contributed by atoms with Crippen LogP contribution in [0.15, 0.2) is 102 Å². The Hall–Kier alpha value is -3.80. The standard InChI is InChI=1S/C28H22Cl2N2O3/c29-24-13-5-1-10-21(24)18-34-26-15-7-3-9-20(26)17-31-32-28(33)23-12-4-8-16-27(23)35-19-22-11-2-6-14-25(22)30/h1-17H,18-19H2,(H,32,33)/b31-17-. The summed E-state index contributed by atoms with van der Waals surface area (Å²) in [5.74, 6) is 0.656. The van der Waals surface area contributed by atoms with Crippen LogP contribution < -0.4 is 14.9 Å². The molecule has 0 heterocycles. The molecule has 35 heavy (non-hydrogen) atoms. The van der Waals surface area contributed by atoms with Crippen LogP contribution in [0.5, 0.6) is 11.5 Å².